The van der Waals surface area contributed by atoms with E-state index < -0.39 is 0 Å². The topological polar surface area (TPSA) is 76.0 Å². The second-order valence-electron chi connectivity index (χ2n) is 5.45. The van der Waals surface area contributed by atoms with Crippen LogP contribution in [-0.2, 0) is 11.3 Å². The van der Waals surface area contributed by atoms with Gasteiger partial charge in [-0.2, -0.15) is 10.2 Å². The van der Waals surface area contributed by atoms with Gasteiger partial charge in [0.25, 0.3) is 5.56 Å². The lowest BCUT2D eigenvalue weighted by molar-refractivity contribution is 0.0270. The van der Waals surface area contributed by atoms with Gasteiger partial charge in [0.15, 0.2) is 0 Å². The molecule has 0 radical (unpaired) electrons. The van der Waals surface area contributed by atoms with Crippen LogP contribution in [-0.4, -0.2) is 45.8 Å². The van der Waals surface area contributed by atoms with Gasteiger partial charge in [0.05, 0.1) is 36.8 Å². The van der Waals surface area contributed by atoms with Crippen LogP contribution in [0.3, 0.4) is 0 Å². The summed E-state index contributed by atoms with van der Waals surface area (Å²) in [5.41, 5.74) is 2.37. The molecule has 1 aliphatic rings. The van der Waals surface area contributed by atoms with Crippen molar-refractivity contribution in [2.75, 3.05) is 24.6 Å². The molecular weight excluding hydrogens is 306 g/mol. The van der Waals surface area contributed by atoms with Crippen LogP contribution in [0.5, 0.6) is 0 Å². The van der Waals surface area contributed by atoms with Crippen LogP contribution in [0.4, 0.5) is 5.69 Å². The number of rotatable bonds is 3. The molecule has 1 unspecified atom stereocenters. The minimum Gasteiger partial charge on any atom is -0.373 e. The fraction of sp³-hybridized carbons (Fsp3) is 0.500. The second kappa shape index (κ2) is 6.10. The Kier molecular flexibility index (Phi) is 4.17. The maximum absolute atomic E-state index is 11.6. The standard InChI is InChI=1S/C14H18ClN5O2/c1-9-5-10(2)20(18-9)8-11-7-19(3-4-22-11)12-6-16-17-14(21)13(12)15/h5-6,11H,3-4,7-8H2,1-2H3,(H,17,21). The third kappa shape index (κ3) is 3.00. The minimum absolute atomic E-state index is 0.0119. The van der Waals surface area contributed by atoms with Crippen LogP contribution in [0.1, 0.15) is 11.4 Å². The number of ether oxygens (including phenoxy) is 1. The van der Waals surface area contributed by atoms with Crippen LogP contribution in [0.2, 0.25) is 5.02 Å². The van der Waals surface area contributed by atoms with Gasteiger partial charge in [-0.15, -0.1) is 0 Å². The van der Waals surface area contributed by atoms with Gasteiger partial charge in [0, 0.05) is 18.8 Å². The Morgan fingerprint density at radius 1 is 1.50 bits per heavy atom. The highest BCUT2D eigenvalue weighted by Gasteiger charge is 2.24. The number of hydrogen-bond donors (Lipinski definition) is 1. The lowest BCUT2D eigenvalue weighted by Gasteiger charge is -2.34. The quantitative estimate of drug-likeness (QED) is 0.916. The first-order valence-corrected chi connectivity index (χ1v) is 7.53. The molecule has 1 fully saturated rings. The Labute approximate surface area is 132 Å². The number of hydrogen-bond acceptors (Lipinski definition) is 5. The Bertz CT molecular complexity index is 726. The van der Waals surface area contributed by atoms with Crippen molar-refractivity contribution in [3.05, 3.63) is 39.0 Å². The molecule has 22 heavy (non-hydrogen) atoms. The number of nitrogens with zero attached hydrogens (tertiary/aromatic N) is 4. The third-order valence-electron chi connectivity index (χ3n) is 3.74. The fourth-order valence-electron chi connectivity index (χ4n) is 2.70. The molecule has 1 N–H and O–H groups in total. The normalized spacial score (nSPS) is 18.7. The van der Waals surface area contributed by atoms with Gasteiger partial charge < -0.3 is 9.64 Å². The molecule has 2 aromatic rings. The van der Waals surface area contributed by atoms with Crippen molar-refractivity contribution in [3.8, 4) is 0 Å². The molecule has 1 atom stereocenters. The lowest BCUT2D eigenvalue weighted by atomic mass is 10.2. The number of aromatic nitrogens is 4. The van der Waals surface area contributed by atoms with Gasteiger partial charge in [0.2, 0.25) is 0 Å². The zero-order valence-corrected chi connectivity index (χ0v) is 13.3. The summed E-state index contributed by atoms with van der Waals surface area (Å²) in [4.78, 5) is 13.6. The fourth-order valence-corrected chi connectivity index (χ4v) is 2.91. The van der Waals surface area contributed by atoms with Crippen molar-refractivity contribution >= 4 is 17.3 Å². The van der Waals surface area contributed by atoms with Crippen LogP contribution < -0.4 is 10.5 Å². The Morgan fingerprint density at radius 3 is 3.05 bits per heavy atom. The van der Waals surface area contributed by atoms with E-state index in [0.717, 1.165) is 11.4 Å². The van der Waals surface area contributed by atoms with Crippen molar-refractivity contribution in [2.24, 2.45) is 0 Å². The maximum atomic E-state index is 11.6. The van der Waals surface area contributed by atoms with Gasteiger partial charge in [-0.1, -0.05) is 11.6 Å². The monoisotopic (exact) mass is 323 g/mol. The minimum atomic E-state index is -0.374. The molecule has 0 aromatic carbocycles. The van der Waals surface area contributed by atoms with E-state index in [1.807, 2.05) is 29.5 Å². The summed E-state index contributed by atoms with van der Waals surface area (Å²) in [7, 11) is 0. The van der Waals surface area contributed by atoms with E-state index in [-0.39, 0.29) is 16.7 Å². The molecule has 1 aliphatic heterocycles. The van der Waals surface area contributed by atoms with Crippen LogP contribution in [0.15, 0.2) is 17.1 Å². The van der Waals surface area contributed by atoms with Crippen molar-refractivity contribution < 1.29 is 4.74 Å². The smallest absolute Gasteiger partial charge is 0.285 e. The van der Waals surface area contributed by atoms with Crippen molar-refractivity contribution in [2.45, 2.75) is 26.5 Å². The molecule has 118 valence electrons. The number of halogens is 1. The number of nitrogens with one attached hydrogen (secondary N) is 1. The molecule has 1 saturated heterocycles. The lowest BCUT2D eigenvalue weighted by Crippen LogP contribution is -2.45. The second-order valence-corrected chi connectivity index (χ2v) is 5.82. The van der Waals surface area contributed by atoms with E-state index in [9.17, 15) is 4.79 Å². The van der Waals surface area contributed by atoms with Gasteiger partial charge in [-0.25, -0.2) is 5.10 Å². The molecule has 0 bridgehead atoms. The average Bonchev–Trinajstić information content (AvgIpc) is 2.80. The molecule has 3 heterocycles. The summed E-state index contributed by atoms with van der Waals surface area (Å²) in [6.45, 7) is 6.57. The van der Waals surface area contributed by atoms with E-state index in [2.05, 4.69) is 15.3 Å². The molecule has 0 saturated carbocycles. The zero-order chi connectivity index (χ0) is 15.7. The number of H-pyrrole nitrogens is 1. The predicted octanol–water partition coefficient (Wildman–Crippen LogP) is 1.14. The first kappa shape index (κ1) is 15.1. The molecular formula is C14H18ClN5O2. The molecule has 3 rings (SSSR count). The number of aromatic amines is 1. The summed E-state index contributed by atoms with van der Waals surface area (Å²) < 4.78 is 7.76. The van der Waals surface area contributed by atoms with E-state index >= 15 is 0 Å². The average molecular weight is 324 g/mol. The highest BCUT2D eigenvalue weighted by atomic mass is 35.5. The number of anilines is 1. The first-order chi connectivity index (χ1) is 10.5. The predicted molar refractivity (Wildman–Crippen MR) is 83.5 cm³/mol. The van der Waals surface area contributed by atoms with Crippen molar-refractivity contribution in [3.63, 3.8) is 0 Å². The summed E-state index contributed by atoms with van der Waals surface area (Å²) in [5, 5.41) is 10.8. The SMILES string of the molecule is Cc1cc(C)n(CC2CN(c3cn[nH]c(=O)c3Cl)CCO2)n1. The molecule has 0 spiro atoms. The van der Waals surface area contributed by atoms with Crippen LogP contribution in [0.25, 0.3) is 0 Å². The van der Waals surface area contributed by atoms with Gasteiger partial charge in [0.1, 0.15) is 5.02 Å². The highest BCUT2D eigenvalue weighted by Crippen LogP contribution is 2.23. The van der Waals surface area contributed by atoms with Crippen molar-refractivity contribution in [1.29, 1.82) is 0 Å². The Balaban J connectivity index is 1.75. The van der Waals surface area contributed by atoms with E-state index in [1.165, 1.54) is 0 Å². The number of morpholine rings is 1. The van der Waals surface area contributed by atoms with Gasteiger partial charge in [-0.05, 0) is 19.9 Å². The van der Waals surface area contributed by atoms with E-state index in [0.29, 0.717) is 31.9 Å². The zero-order valence-electron chi connectivity index (χ0n) is 12.5. The molecule has 7 nitrogen and oxygen atoms in total. The van der Waals surface area contributed by atoms with Crippen molar-refractivity contribution in [1.82, 2.24) is 20.0 Å². The summed E-state index contributed by atoms with van der Waals surface area (Å²) in [6, 6.07) is 2.04. The van der Waals surface area contributed by atoms with Gasteiger partial charge in [-0.3, -0.25) is 9.48 Å². The largest absolute Gasteiger partial charge is 0.373 e. The summed E-state index contributed by atoms with van der Waals surface area (Å²) in [5.74, 6) is 0. The molecule has 0 aliphatic carbocycles. The van der Waals surface area contributed by atoms with Crippen LogP contribution in [0, 0.1) is 13.8 Å². The Morgan fingerprint density at radius 2 is 2.32 bits per heavy atom. The summed E-state index contributed by atoms with van der Waals surface area (Å²) >= 11 is 6.08. The number of aryl methyl sites for hydroxylation is 2. The summed E-state index contributed by atoms with van der Waals surface area (Å²) in [6.07, 6.45) is 1.57. The van der Waals surface area contributed by atoms with E-state index in [4.69, 9.17) is 16.3 Å². The Hall–Kier alpha value is -1.86. The first-order valence-electron chi connectivity index (χ1n) is 7.15. The molecule has 0 amide bonds. The van der Waals surface area contributed by atoms with E-state index in [1.54, 1.807) is 6.20 Å². The molecule has 8 heteroatoms. The van der Waals surface area contributed by atoms with Crippen LogP contribution >= 0.6 is 11.6 Å². The maximum Gasteiger partial charge on any atom is 0.285 e. The molecule has 2 aromatic heterocycles. The van der Waals surface area contributed by atoms with Gasteiger partial charge >= 0.3 is 0 Å². The third-order valence-corrected chi connectivity index (χ3v) is 4.10. The highest BCUT2D eigenvalue weighted by molar-refractivity contribution is 6.32.